The van der Waals surface area contributed by atoms with Crippen molar-refractivity contribution in [2.45, 2.75) is 65.7 Å². The first-order valence-electron chi connectivity index (χ1n) is 18.4. The first-order valence-corrected chi connectivity index (χ1v) is 21.1. The van der Waals surface area contributed by atoms with Gasteiger partial charge in [-0.1, -0.05) is 59.8 Å². The van der Waals surface area contributed by atoms with Crippen LogP contribution in [0.5, 0.6) is 0 Å². The molecule has 0 saturated heterocycles. The van der Waals surface area contributed by atoms with Crippen molar-refractivity contribution < 1.29 is 27.4 Å². The predicted molar refractivity (Wildman–Crippen MR) is 220 cm³/mol. The van der Waals surface area contributed by atoms with E-state index < -0.39 is 39.9 Å². The second kappa shape index (κ2) is 18.6. The van der Waals surface area contributed by atoms with Gasteiger partial charge in [-0.3, -0.25) is 18.9 Å². The van der Waals surface area contributed by atoms with Crippen molar-refractivity contribution in [2.75, 3.05) is 26.7 Å². The molecule has 0 radical (unpaired) electrons. The van der Waals surface area contributed by atoms with Gasteiger partial charge in [0, 0.05) is 60.3 Å². The molecule has 3 aromatic carbocycles. The maximum Gasteiger partial charge on any atom is 0.294 e. The van der Waals surface area contributed by atoms with E-state index in [4.69, 9.17) is 28.1 Å². The van der Waals surface area contributed by atoms with Crippen LogP contribution in [0.1, 0.15) is 41.5 Å². The van der Waals surface area contributed by atoms with Crippen molar-refractivity contribution in [1.29, 1.82) is 0 Å². The summed E-state index contributed by atoms with van der Waals surface area (Å²) in [5.74, 6) is -1.32. The van der Waals surface area contributed by atoms with Gasteiger partial charge in [-0.15, -0.1) is 0 Å². The van der Waals surface area contributed by atoms with Gasteiger partial charge in [-0.05, 0) is 90.5 Å². The van der Waals surface area contributed by atoms with E-state index in [-0.39, 0.29) is 43.9 Å². The Labute approximate surface area is 340 Å². The van der Waals surface area contributed by atoms with Gasteiger partial charge in [0.05, 0.1) is 22.5 Å². The Balaban J connectivity index is 1.49. The first-order chi connectivity index (χ1) is 27.4. The molecule has 300 valence electrons. The van der Waals surface area contributed by atoms with E-state index in [0.717, 1.165) is 27.6 Å². The van der Waals surface area contributed by atoms with E-state index in [0.29, 0.717) is 51.0 Å². The van der Waals surface area contributed by atoms with E-state index in [1.54, 1.807) is 30.5 Å². The Morgan fingerprint density at radius 1 is 0.930 bits per heavy atom. The number of hydrogen-bond acceptors (Lipinski definition) is 10. The molecule has 3 heterocycles. The van der Waals surface area contributed by atoms with E-state index in [2.05, 4.69) is 27.0 Å². The second-order valence-electron chi connectivity index (χ2n) is 13.8. The molecule has 0 fully saturated rings. The number of halogens is 1. The normalized spacial score (nSPS) is 17.4. The molecule has 1 aliphatic rings. The summed E-state index contributed by atoms with van der Waals surface area (Å²) in [6, 6.07) is 17.4. The molecule has 0 aliphatic carbocycles. The summed E-state index contributed by atoms with van der Waals surface area (Å²) in [5.41, 5.74) is 17.5. The van der Waals surface area contributed by atoms with Gasteiger partial charge in [0.1, 0.15) is 11.1 Å². The molecule has 0 bridgehead atoms. The predicted octanol–water partition coefficient (Wildman–Crippen LogP) is 3.99. The van der Waals surface area contributed by atoms with Gasteiger partial charge in [0.15, 0.2) is 0 Å². The molecule has 2 atom stereocenters. The molecular weight excluding hydrogens is 788 g/mol. The van der Waals surface area contributed by atoms with Gasteiger partial charge in [-0.2, -0.15) is 8.42 Å². The van der Waals surface area contributed by atoms with E-state index in [1.807, 2.05) is 30.5 Å². The number of amides is 3. The lowest BCUT2D eigenvalue weighted by atomic mass is 9.99. The molecule has 17 heteroatoms. The minimum absolute atomic E-state index is 0.0202. The van der Waals surface area contributed by atoms with Crippen LogP contribution in [0.2, 0.25) is 5.02 Å². The van der Waals surface area contributed by atoms with Gasteiger partial charge in [0.2, 0.25) is 17.7 Å². The lowest BCUT2D eigenvalue weighted by molar-refractivity contribution is -0.138. The summed E-state index contributed by atoms with van der Waals surface area (Å²) >= 11 is 8.29. The topological polar surface area (TPSA) is 226 Å². The van der Waals surface area contributed by atoms with Crippen LogP contribution in [0.25, 0.3) is 22.0 Å². The molecule has 2 aromatic heterocycles. The number of aromatic amines is 1. The lowest BCUT2D eigenvalue weighted by Gasteiger charge is -2.26. The maximum absolute atomic E-state index is 13.9. The minimum Gasteiger partial charge on any atom is -0.361 e. The highest BCUT2D eigenvalue weighted by molar-refractivity contribution is 7.99. The standard InChI is InChI=1S/C40H45ClN8O6S2/c1-49-23-36(50)47-22-31-28(24-8-10-27(11-9-24)57(53,54)55)12-13-32(41)37(31)56-39-30(21-46-34(14-17-43)38(51)48-35(40(49)52)7-4-16-42)25(15-18-44-39)19-26-20-45-33-6-3-2-5-29(26)33/h2-3,5-6,8-13,15,18,20,34-35,45-46H,4,7,14,16-17,19,21-23,42-43H2,1H3,(H,47,50)(H,48,51)(H,53,54,55)/t34-,35-/m0/s1. The molecule has 5 aromatic rings. The fourth-order valence-electron chi connectivity index (χ4n) is 6.87. The molecule has 3 amide bonds. The van der Waals surface area contributed by atoms with Crippen molar-refractivity contribution in [3.05, 3.63) is 106 Å². The number of pyridine rings is 1. The van der Waals surface area contributed by atoms with Gasteiger partial charge in [-0.25, -0.2) is 4.98 Å². The number of nitrogens with zero attached hydrogens (tertiary/aromatic N) is 2. The average Bonchev–Trinajstić information content (AvgIpc) is 3.60. The first kappa shape index (κ1) is 41.8. The number of fused-ring (bicyclic) bond motifs is 3. The third kappa shape index (κ3) is 10.0. The average molecular weight is 833 g/mol. The number of aromatic nitrogens is 2. The number of carbonyl (C=O) groups excluding carboxylic acids is 3. The van der Waals surface area contributed by atoms with Gasteiger partial charge in [0.25, 0.3) is 10.1 Å². The molecule has 57 heavy (non-hydrogen) atoms. The number of H-pyrrole nitrogens is 1. The highest BCUT2D eigenvalue weighted by Gasteiger charge is 2.29. The van der Waals surface area contributed by atoms with Crippen molar-refractivity contribution in [3.63, 3.8) is 0 Å². The number of nitrogens with two attached hydrogens (primary N) is 2. The van der Waals surface area contributed by atoms with Crippen molar-refractivity contribution in [3.8, 4) is 11.1 Å². The van der Waals surface area contributed by atoms with Crippen LogP contribution in [0.4, 0.5) is 0 Å². The molecular formula is C40H45ClN8O6S2. The van der Waals surface area contributed by atoms with Crippen LogP contribution in [0, 0.1) is 0 Å². The SMILES string of the molecule is CN1CC(=O)NCc2c(-c3ccc(S(=O)(=O)O)cc3)ccc(Cl)c2Sc2nccc(Cc3c[nH]c4ccccc34)c2CN[C@@H](CCN)C(=O)N[C@@H](CCCN)C1=O. The van der Waals surface area contributed by atoms with Gasteiger partial charge < -0.3 is 37.3 Å². The molecule has 14 nitrogen and oxygen atoms in total. The Morgan fingerprint density at radius 2 is 1.70 bits per heavy atom. The van der Waals surface area contributed by atoms with Crippen molar-refractivity contribution in [2.24, 2.45) is 11.5 Å². The second-order valence-corrected chi connectivity index (χ2v) is 16.6. The molecule has 0 saturated carbocycles. The largest absolute Gasteiger partial charge is 0.361 e. The number of rotatable bonds is 9. The smallest absolute Gasteiger partial charge is 0.294 e. The summed E-state index contributed by atoms with van der Waals surface area (Å²) in [6.45, 7) is 0.376. The van der Waals surface area contributed by atoms with Crippen LogP contribution in [-0.4, -0.2) is 84.3 Å². The Kier molecular flexibility index (Phi) is 13.7. The summed E-state index contributed by atoms with van der Waals surface area (Å²) in [4.78, 5) is 50.9. The van der Waals surface area contributed by atoms with Crippen LogP contribution < -0.4 is 27.4 Å². The van der Waals surface area contributed by atoms with Crippen molar-refractivity contribution >= 4 is 62.1 Å². The molecule has 1 aliphatic heterocycles. The highest BCUT2D eigenvalue weighted by atomic mass is 35.5. The van der Waals surface area contributed by atoms with Crippen LogP contribution in [-0.2, 0) is 44.0 Å². The maximum atomic E-state index is 13.9. The van der Waals surface area contributed by atoms with E-state index in [1.165, 1.54) is 35.8 Å². The van der Waals surface area contributed by atoms with E-state index >= 15 is 0 Å². The lowest BCUT2D eigenvalue weighted by Crippen LogP contribution is -2.54. The molecule has 0 unspecified atom stereocenters. The molecule has 6 rings (SSSR count). The summed E-state index contributed by atoms with van der Waals surface area (Å²) in [6.07, 6.45) is 5.24. The Hall–Kier alpha value is -4.81. The monoisotopic (exact) mass is 832 g/mol. The summed E-state index contributed by atoms with van der Waals surface area (Å²) in [7, 11) is -2.95. The minimum atomic E-state index is -4.44. The van der Waals surface area contributed by atoms with Crippen LogP contribution >= 0.6 is 23.4 Å². The quantitative estimate of drug-likeness (QED) is 0.105. The zero-order valence-electron chi connectivity index (χ0n) is 31.3. The fraction of sp³-hybridized carbons (Fsp3) is 0.300. The summed E-state index contributed by atoms with van der Waals surface area (Å²) in [5, 5.41) is 11.3. The Morgan fingerprint density at radius 3 is 2.44 bits per heavy atom. The summed E-state index contributed by atoms with van der Waals surface area (Å²) < 4.78 is 33.3. The third-order valence-corrected chi connectivity index (χ3v) is 12.4. The fourth-order valence-corrected chi connectivity index (χ4v) is 8.74. The van der Waals surface area contributed by atoms with Crippen LogP contribution in [0.3, 0.4) is 0 Å². The number of para-hydroxylation sites is 1. The molecule has 9 N–H and O–H groups in total. The van der Waals surface area contributed by atoms with Gasteiger partial charge >= 0.3 is 0 Å². The third-order valence-electron chi connectivity index (χ3n) is 9.87. The van der Waals surface area contributed by atoms with E-state index in [9.17, 15) is 27.4 Å². The highest BCUT2D eigenvalue weighted by Crippen LogP contribution is 2.42. The Bertz CT molecular complexity index is 2370. The number of nitrogens with one attached hydrogen (secondary N) is 4. The zero-order chi connectivity index (χ0) is 40.7. The molecule has 0 spiro atoms. The number of benzene rings is 3. The number of hydrogen-bond donors (Lipinski definition) is 7. The number of likely N-dealkylation sites (N-methyl/N-ethyl adjacent to an activating group) is 1. The zero-order valence-corrected chi connectivity index (χ0v) is 33.6. The van der Waals surface area contributed by atoms with Crippen LogP contribution in [0.15, 0.2) is 93.9 Å². The van der Waals surface area contributed by atoms with Crippen molar-refractivity contribution in [1.82, 2.24) is 30.8 Å². The number of carbonyl (C=O) groups is 3.